The van der Waals surface area contributed by atoms with Crippen LogP contribution in [0.5, 0.6) is 0 Å². The van der Waals surface area contributed by atoms with Crippen LogP contribution >= 0.6 is 0 Å². The Balaban J connectivity index is 2.11. The van der Waals surface area contributed by atoms with Crippen molar-refractivity contribution in [3.63, 3.8) is 0 Å². The fourth-order valence-corrected chi connectivity index (χ4v) is 2.73. The Hall–Kier alpha value is -1.09. The van der Waals surface area contributed by atoms with Crippen molar-refractivity contribution in [3.8, 4) is 0 Å². The topological polar surface area (TPSA) is 29.3 Å². The first-order valence-electron chi connectivity index (χ1n) is 6.41. The van der Waals surface area contributed by atoms with Crippen LogP contribution < -0.4 is 5.73 Å². The Labute approximate surface area is 103 Å². The van der Waals surface area contributed by atoms with E-state index >= 15 is 0 Å². The molecule has 0 amide bonds. The van der Waals surface area contributed by atoms with Gasteiger partial charge in [-0.15, -0.1) is 0 Å². The molecule has 1 fully saturated rings. The number of benzene rings is 1. The van der Waals surface area contributed by atoms with Crippen LogP contribution in [-0.2, 0) is 6.54 Å². The normalized spacial score (nSPS) is 25.4. The highest BCUT2D eigenvalue weighted by atomic mass is 19.1. The van der Waals surface area contributed by atoms with Crippen molar-refractivity contribution in [1.29, 1.82) is 0 Å². The summed E-state index contributed by atoms with van der Waals surface area (Å²) in [6, 6.07) is 6.39. The van der Waals surface area contributed by atoms with Crippen molar-refractivity contribution in [3.05, 3.63) is 29.6 Å². The van der Waals surface area contributed by atoms with Gasteiger partial charge in [0.15, 0.2) is 0 Å². The second-order valence-corrected chi connectivity index (χ2v) is 5.02. The summed E-state index contributed by atoms with van der Waals surface area (Å²) < 4.78 is 13.4. The maximum Gasteiger partial charge on any atom is 0.146 e. The van der Waals surface area contributed by atoms with E-state index in [2.05, 4.69) is 18.7 Å². The number of hydrogen-bond acceptors (Lipinski definition) is 2. The van der Waals surface area contributed by atoms with E-state index in [9.17, 15) is 4.39 Å². The molecule has 3 heteroatoms. The van der Waals surface area contributed by atoms with E-state index in [0.717, 1.165) is 12.1 Å². The Kier molecular flexibility index (Phi) is 3.67. The largest absolute Gasteiger partial charge is 0.396 e. The van der Waals surface area contributed by atoms with Gasteiger partial charge in [0.25, 0.3) is 0 Å². The summed E-state index contributed by atoms with van der Waals surface area (Å²) in [5, 5.41) is 0. The zero-order chi connectivity index (χ0) is 12.4. The van der Waals surface area contributed by atoms with Crippen LogP contribution in [0.15, 0.2) is 18.2 Å². The number of halogens is 1. The number of hydrogen-bond donors (Lipinski definition) is 1. The first-order chi connectivity index (χ1) is 8.11. The molecule has 0 aromatic heterocycles. The van der Waals surface area contributed by atoms with Gasteiger partial charge < -0.3 is 5.73 Å². The zero-order valence-electron chi connectivity index (χ0n) is 10.6. The van der Waals surface area contributed by atoms with E-state index in [1.165, 1.54) is 19.3 Å². The first kappa shape index (κ1) is 12.4. The molecule has 2 unspecified atom stereocenters. The molecule has 2 nitrogen and oxygen atoms in total. The van der Waals surface area contributed by atoms with Gasteiger partial charge in [-0.2, -0.15) is 0 Å². The van der Waals surface area contributed by atoms with Crippen LogP contribution in [0.1, 0.15) is 38.7 Å². The molecule has 17 heavy (non-hydrogen) atoms. The number of nitrogens with zero attached hydrogens (tertiary/aromatic N) is 1. The summed E-state index contributed by atoms with van der Waals surface area (Å²) in [6.07, 6.45) is 3.67. The van der Waals surface area contributed by atoms with Crippen LogP contribution in [0, 0.1) is 5.82 Å². The van der Waals surface area contributed by atoms with Crippen LogP contribution in [-0.4, -0.2) is 17.0 Å². The molecule has 0 saturated carbocycles. The molecule has 1 aliphatic heterocycles. The minimum atomic E-state index is -0.303. The third-order valence-corrected chi connectivity index (χ3v) is 3.85. The molecule has 2 atom stereocenters. The molecule has 1 aliphatic rings. The van der Waals surface area contributed by atoms with Crippen molar-refractivity contribution < 1.29 is 4.39 Å². The standard InChI is InChI=1S/C14H21FN2/c1-3-12-6-4-10(2)17(12)9-11-5-7-14(16)13(15)8-11/h5,7-8,10,12H,3-4,6,9,16H2,1-2H3. The van der Waals surface area contributed by atoms with Gasteiger partial charge in [-0.25, -0.2) is 4.39 Å². The van der Waals surface area contributed by atoms with Crippen molar-refractivity contribution in [1.82, 2.24) is 4.90 Å². The van der Waals surface area contributed by atoms with Crippen molar-refractivity contribution in [2.24, 2.45) is 0 Å². The van der Waals surface area contributed by atoms with Crippen LogP contribution in [0.2, 0.25) is 0 Å². The summed E-state index contributed by atoms with van der Waals surface area (Å²) in [5.41, 5.74) is 6.74. The zero-order valence-corrected chi connectivity index (χ0v) is 10.6. The highest BCUT2D eigenvalue weighted by Gasteiger charge is 2.28. The van der Waals surface area contributed by atoms with Crippen molar-refractivity contribution in [2.75, 3.05) is 5.73 Å². The molecule has 0 spiro atoms. The lowest BCUT2D eigenvalue weighted by Gasteiger charge is -2.27. The van der Waals surface area contributed by atoms with E-state index in [4.69, 9.17) is 5.73 Å². The lowest BCUT2D eigenvalue weighted by molar-refractivity contribution is 0.189. The summed E-state index contributed by atoms with van der Waals surface area (Å²) in [7, 11) is 0. The third-order valence-electron chi connectivity index (χ3n) is 3.85. The lowest BCUT2D eigenvalue weighted by Crippen LogP contribution is -2.33. The number of nitrogen functional groups attached to an aromatic ring is 1. The van der Waals surface area contributed by atoms with Gasteiger partial charge in [0.2, 0.25) is 0 Å². The fourth-order valence-electron chi connectivity index (χ4n) is 2.73. The monoisotopic (exact) mass is 236 g/mol. The fraction of sp³-hybridized carbons (Fsp3) is 0.571. The summed E-state index contributed by atoms with van der Waals surface area (Å²) in [4.78, 5) is 2.48. The van der Waals surface area contributed by atoms with Gasteiger partial charge >= 0.3 is 0 Å². The van der Waals surface area contributed by atoms with Gasteiger partial charge in [0.05, 0.1) is 5.69 Å². The maximum atomic E-state index is 13.4. The second-order valence-electron chi connectivity index (χ2n) is 5.02. The van der Waals surface area contributed by atoms with Gasteiger partial charge in [0.1, 0.15) is 5.82 Å². The van der Waals surface area contributed by atoms with Gasteiger partial charge in [-0.05, 0) is 43.9 Å². The molecular weight excluding hydrogens is 215 g/mol. The molecule has 0 aliphatic carbocycles. The predicted octanol–water partition coefficient (Wildman–Crippen LogP) is 3.17. The summed E-state index contributed by atoms with van der Waals surface area (Å²) in [6.45, 7) is 5.31. The molecule has 1 saturated heterocycles. The number of likely N-dealkylation sites (tertiary alicyclic amines) is 1. The van der Waals surface area contributed by atoms with E-state index in [1.807, 2.05) is 6.07 Å². The van der Waals surface area contributed by atoms with E-state index in [-0.39, 0.29) is 11.5 Å². The first-order valence-corrected chi connectivity index (χ1v) is 6.41. The number of anilines is 1. The molecule has 1 aromatic rings. The minimum Gasteiger partial charge on any atom is -0.396 e. The van der Waals surface area contributed by atoms with E-state index in [1.54, 1.807) is 12.1 Å². The molecule has 94 valence electrons. The molecule has 1 heterocycles. The molecule has 0 bridgehead atoms. The van der Waals surface area contributed by atoms with Crippen LogP contribution in [0.4, 0.5) is 10.1 Å². The van der Waals surface area contributed by atoms with E-state index in [0.29, 0.717) is 12.1 Å². The molecule has 2 N–H and O–H groups in total. The molecule has 0 radical (unpaired) electrons. The highest BCUT2D eigenvalue weighted by Crippen LogP contribution is 2.28. The molecule has 2 rings (SSSR count). The lowest BCUT2D eigenvalue weighted by atomic mass is 10.1. The Morgan fingerprint density at radius 3 is 2.82 bits per heavy atom. The van der Waals surface area contributed by atoms with Crippen molar-refractivity contribution in [2.45, 2.75) is 51.7 Å². The van der Waals surface area contributed by atoms with Gasteiger partial charge in [-0.3, -0.25) is 4.90 Å². The Bertz CT molecular complexity index is 392. The van der Waals surface area contributed by atoms with Gasteiger partial charge in [0, 0.05) is 18.6 Å². The average Bonchev–Trinajstić information content (AvgIpc) is 2.65. The highest BCUT2D eigenvalue weighted by molar-refractivity contribution is 5.41. The van der Waals surface area contributed by atoms with Gasteiger partial charge in [-0.1, -0.05) is 13.0 Å². The summed E-state index contributed by atoms with van der Waals surface area (Å²) >= 11 is 0. The SMILES string of the molecule is CCC1CCC(C)N1Cc1ccc(N)c(F)c1. The second kappa shape index (κ2) is 5.05. The molecular formula is C14H21FN2. The Morgan fingerprint density at radius 1 is 1.41 bits per heavy atom. The third kappa shape index (κ3) is 2.60. The number of nitrogens with two attached hydrogens (primary N) is 1. The van der Waals surface area contributed by atoms with Crippen LogP contribution in [0.25, 0.3) is 0 Å². The van der Waals surface area contributed by atoms with Crippen LogP contribution in [0.3, 0.4) is 0 Å². The predicted molar refractivity (Wildman–Crippen MR) is 69.1 cm³/mol. The quantitative estimate of drug-likeness (QED) is 0.817. The molecule has 1 aromatic carbocycles. The minimum absolute atomic E-state index is 0.232. The van der Waals surface area contributed by atoms with E-state index < -0.39 is 0 Å². The summed E-state index contributed by atoms with van der Waals surface area (Å²) in [5.74, 6) is -0.303. The Morgan fingerprint density at radius 2 is 2.18 bits per heavy atom. The maximum absolute atomic E-state index is 13.4. The smallest absolute Gasteiger partial charge is 0.146 e. The average molecular weight is 236 g/mol. The number of rotatable bonds is 3. The van der Waals surface area contributed by atoms with Crippen molar-refractivity contribution >= 4 is 5.69 Å².